The monoisotopic (exact) mass is 301 g/mol. The standard InChI is InChI=1S/C15H15N3O2S/c1-11(16)14-10-12-6-5-9-17-15(12)21(19,20)18(14)13-7-3-2-4-8-13/h2-11H,16H2,1H3/t11-/m0/s1. The Bertz CT molecular complexity index is 799. The largest absolute Gasteiger partial charge is 0.323 e. The molecule has 3 rings (SSSR count). The third-order valence-corrected chi connectivity index (χ3v) is 5.01. The highest BCUT2D eigenvalue weighted by Gasteiger charge is 2.35. The van der Waals surface area contributed by atoms with Crippen molar-refractivity contribution in [2.45, 2.75) is 18.0 Å². The van der Waals surface area contributed by atoms with Crippen molar-refractivity contribution in [1.29, 1.82) is 0 Å². The SMILES string of the molecule is C[C@H](N)C1=Cc2cccnc2S(=O)(=O)N1c1ccccc1. The highest BCUT2D eigenvalue weighted by molar-refractivity contribution is 7.93. The summed E-state index contributed by atoms with van der Waals surface area (Å²) in [7, 11) is -3.76. The van der Waals surface area contributed by atoms with Crippen molar-refractivity contribution in [3.05, 3.63) is 59.9 Å². The van der Waals surface area contributed by atoms with Crippen LogP contribution in [-0.4, -0.2) is 19.4 Å². The number of para-hydroxylation sites is 1. The number of sulfonamides is 1. The van der Waals surface area contributed by atoms with Crippen LogP contribution in [0.3, 0.4) is 0 Å². The Morgan fingerprint density at radius 1 is 1.14 bits per heavy atom. The van der Waals surface area contributed by atoms with Gasteiger partial charge in [-0.2, -0.15) is 8.42 Å². The molecule has 2 aromatic rings. The normalized spacial score (nSPS) is 17.8. The number of hydrogen-bond acceptors (Lipinski definition) is 4. The van der Waals surface area contributed by atoms with E-state index in [1.54, 1.807) is 49.4 Å². The third kappa shape index (κ3) is 2.22. The predicted molar refractivity (Wildman–Crippen MR) is 82.0 cm³/mol. The van der Waals surface area contributed by atoms with Crippen molar-refractivity contribution in [3.8, 4) is 0 Å². The first-order valence-electron chi connectivity index (χ1n) is 6.54. The van der Waals surface area contributed by atoms with Crippen LogP contribution in [0.2, 0.25) is 0 Å². The summed E-state index contributed by atoms with van der Waals surface area (Å²) in [4.78, 5) is 4.03. The van der Waals surface area contributed by atoms with Crippen LogP contribution >= 0.6 is 0 Å². The maximum atomic E-state index is 12.9. The predicted octanol–water partition coefficient (Wildman–Crippen LogP) is 1.98. The number of aromatic nitrogens is 1. The first kappa shape index (κ1) is 13.8. The van der Waals surface area contributed by atoms with Crippen LogP contribution in [0.25, 0.3) is 6.08 Å². The Kier molecular flexibility index (Phi) is 3.27. The second-order valence-electron chi connectivity index (χ2n) is 4.86. The number of rotatable bonds is 2. The van der Waals surface area contributed by atoms with Gasteiger partial charge in [0.05, 0.1) is 11.4 Å². The van der Waals surface area contributed by atoms with E-state index < -0.39 is 16.1 Å². The van der Waals surface area contributed by atoms with Crippen molar-refractivity contribution in [2.75, 3.05) is 4.31 Å². The third-order valence-electron chi connectivity index (χ3n) is 3.28. The number of pyridine rings is 1. The van der Waals surface area contributed by atoms with E-state index in [0.29, 0.717) is 16.9 Å². The van der Waals surface area contributed by atoms with Gasteiger partial charge in [-0.15, -0.1) is 0 Å². The molecule has 21 heavy (non-hydrogen) atoms. The molecular formula is C15H15N3O2S. The minimum absolute atomic E-state index is 0.0539. The molecule has 1 aliphatic rings. The summed E-state index contributed by atoms with van der Waals surface area (Å²) < 4.78 is 27.0. The van der Waals surface area contributed by atoms with Gasteiger partial charge in [-0.05, 0) is 31.2 Å². The summed E-state index contributed by atoms with van der Waals surface area (Å²) in [6, 6.07) is 11.9. The molecule has 0 unspecified atom stereocenters. The minimum atomic E-state index is -3.76. The van der Waals surface area contributed by atoms with Crippen molar-refractivity contribution in [2.24, 2.45) is 5.73 Å². The quantitative estimate of drug-likeness (QED) is 0.920. The number of nitrogens with zero attached hydrogens (tertiary/aromatic N) is 2. The van der Waals surface area contributed by atoms with Gasteiger partial charge in [-0.3, -0.25) is 0 Å². The van der Waals surface area contributed by atoms with Gasteiger partial charge in [-0.25, -0.2) is 9.29 Å². The van der Waals surface area contributed by atoms with Crippen LogP contribution in [0.1, 0.15) is 12.5 Å². The molecule has 2 heterocycles. The molecule has 0 amide bonds. The molecule has 1 atom stereocenters. The molecule has 2 N–H and O–H groups in total. The number of nitrogens with two attached hydrogens (primary N) is 1. The molecule has 1 aliphatic heterocycles. The zero-order valence-corrected chi connectivity index (χ0v) is 12.3. The average Bonchev–Trinajstić information content (AvgIpc) is 2.47. The Hall–Kier alpha value is -2.18. The van der Waals surface area contributed by atoms with Gasteiger partial charge in [0.2, 0.25) is 0 Å². The molecule has 0 spiro atoms. The Labute approximate surface area is 123 Å². The minimum Gasteiger partial charge on any atom is -0.323 e. The molecular weight excluding hydrogens is 286 g/mol. The molecule has 1 aromatic heterocycles. The van der Waals surface area contributed by atoms with E-state index in [1.165, 1.54) is 10.5 Å². The maximum absolute atomic E-state index is 12.9. The molecule has 5 nitrogen and oxygen atoms in total. The Morgan fingerprint density at radius 2 is 1.86 bits per heavy atom. The lowest BCUT2D eigenvalue weighted by atomic mass is 10.1. The zero-order valence-electron chi connectivity index (χ0n) is 11.5. The summed E-state index contributed by atoms with van der Waals surface area (Å²) in [5, 5.41) is 0.0539. The number of anilines is 1. The lowest BCUT2D eigenvalue weighted by Gasteiger charge is -2.32. The van der Waals surface area contributed by atoms with E-state index in [0.717, 1.165) is 0 Å². The molecule has 0 saturated heterocycles. The summed E-state index contributed by atoms with van der Waals surface area (Å²) >= 11 is 0. The highest BCUT2D eigenvalue weighted by atomic mass is 32.2. The van der Waals surface area contributed by atoms with Gasteiger partial charge < -0.3 is 5.73 Å². The molecule has 0 saturated carbocycles. The molecule has 0 bridgehead atoms. The van der Waals surface area contributed by atoms with Crippen LogP contribution in [0, 0.1) is 0 Å². The first-order valence-corrected chi connectivity index (χ1v) is 7.98. The molecule has 0 fully saturated rings. The first-order chi connectivity index (χ1) is 10.0. The van der Waals surface area contributed by atoms with Gasteiger partial charge in [0.15, 0.2) is 5.03 Å². The van der Waals surface area contributed by atoms with Gasteiger partial charge >= 0.3 is 0 Å². The highest BCUT2D eigenvalue weighted by Crippen LogP contribution is 2.34. The van der Waals surface area contributed by atoms with Crippen molar-refractivity contribution in [1.82, 2.24) is 4.98 Å². The van der Waals surface area contributed by atoms with Crippen LogP contribution in [0.5, 0.6) is 0 Å². The number of benzene rings is 1. The fourth-order valence-corrected chi connectivity index (χ4v) is 4.03. The van der Waals surface area contributed by atoms with E-state index in [9.17, 15) is 8.42 Å². The average molecular weight is 301 g/mol. The van der Waals surface area contributed by atoms with Gasteiger partial charge in [0.25, 0.3) is 10.0 Å². The summed E-state index contributed by atoms with van der Waals surface area (Å²) in [5.74, 6) is 0. The Morgan fingerprint density at radius 3 is 2.52 bits per heavy atom. The second kappa shape index (κ2) is 4.98. The molecule has 0 aliphatic carbocycles. The summed E-state index contributed by atoms with van der Waals surface area (Å²) in [6.07, 6.45) is 3.26. The smallest absolute Gasteiger partial charge is 0.286 e. The van der Waals surface area contributed by atoms with Crippen molar-refractivity contribution in [3.63, 3.8) is 0 Å². The van der Waals surface area contributed by atoms with Crippen molar-refractivity contribution >= 4 is 21.8 Å². The van der Waals surface area contributed by atoms with Crippen LogP contribution in [-0.2, 0) is 10.0 Å². The molecule has 0 radical (unpaired) electrons. The van der Waals surface area contributed by atoms with Gasteiger partial charge in [0.1, 0.15) is 0 Å². The maximum Gasteiger partial charge on any atom is 0.286 e. The lowest BCUT2D eigenvalue weighted by Crippen LogP contribution is -2.40. The second-order valence-corrected chi connectivity index (χ2v) is 6.56. The van der Waals surface area contributed by atoms with Crippen LogP contribution in [0.4, 0.5) is 5.69 Å². The van der Waals surface area contributed by atoms with E-state index in [4.69, 9.17) is 5.73 Å². The number of hydrogen-bond donors (Lipinski definition) is 1. The molecule has 1 aromatic carbocycles. The van der Waals surface area contributed by atoms with E-state index in [2.05, 4.69) is 4.98 Å². The fraction of sp³-hybridized carbons (Fsp3) is 0.133. The van der Waals surface area contributed by atoms with Gasteiger partial charge in [0, 0.05) is 17.8 Å². The van der Waals surface area contributed by atoms with E-state index in [1.807, 2.05) is 6.07 Å². The summed E-state index contributed by atoms with van der Waals surface area (Å²) in [6.45, 7) is 1.76. The fourth-order valence-electron chi connectivity index (χ4n) is 2.34. The molecule has 108 valence electrons. The van der Waals surface area contributed by atoms with Crippen molar-refractivity contribution < 1.29 is 8.42 Å². The van der Waals surface area contributed by atoms with Crippen LogP contribution in [0.15, 0.2) is 59.4 Å². The van der Waals surface area contributed by atoms with E-state index in [-0.39, 0.29) is 5.03 Å². The number of fused-ring (bicyclic) bond motifs is 1. The van der Waals surface area contributed by atoms with E-state index >= 15 is 0 Å². The van der Waals surface area contributed by atoms with Crippen LogP contribution < -0.4 is 10.0 Å². The zero-order chi connectivity index (χ0) is 15.0. The lowest BCUT2D eigenvalue weighted by molar-refractivity contribution is 0.587. The Balaban J connectivity index is 2.29. The van der Waals surface area contributed by atoms with Gasteiger partial charge in [-0.1, -0.05) is 24.3 Å². The molecule has 6 heteroatoms. The topological polar surface area (TPSA) is 76.3 Å². The summed E-state index contributed by atoms with van der Waals surface area (Å²) in [5.41, 5.74) is 7.63.